The lowest BCUT2D eigenvalue weighted by molar-refractivity contribution is -0.137. The SMILES string of the molecule is C=Cc1cc(N(C=O)Cc2ccc(C(F)(F)F)cc2)cnc1C=C.CCN.CCl.CN. The molecule has 0 spiro atoms. The third-order valence-electron chi connectivity index (χ3n) is 3.44. The summed E-state index contributed by atoms with van der Waals surface area (Å²) >= 11 is 4.64. The topological polar surface area (TPSA) is 85.2 Å². The number of alkyl halides is 4. The molecule has 0 radical (unpaired) electrons. The molecule has 0 unspecified atom stereocenters. The van der Waals surface area contributed by atoms with Crippen LogP contribution in [0.5, 0.6) is 0 Å². The van der Waals surface area contributed by atoms with Crippen LogP contribution in [0.15, 0.2) is 49.7 Å². The molecule has 1 aromatic carbocycles. The quantitative estimate of drug-likeness (QED) is 0.474. The molecule has 2 aromatic rings. The largest absolute Gasteiger partial charge is 0.416 e. The minimum Gasteiger partial charge on any atom is -0.333 e. The minimum absolute atomic E-state index is 0.132. The van der Waals surface area contributed by atoms with E-state index in [1.54, 1.807) is 18.2 Å². The van der Waals surface area contributed by atoms with Crippen LogP contribution in [0.3, 0.4) is 0 Å². The number of anilines is 1. The third-order valence-corrected chi connectivity index (χ3v) is 3.44. The van der Waals surface area contributed by atoms with Crippen molar-refractivity contribution in [2.45, 2.75) is 19.6 Å². The van der Waals surface area contributed by atoms with E-state index < -0.39 is 11.7 Å². The standard InChI is InChI=1S/C18H15F3N2O.C2H7N.CH3Cl.CH5N/c1-3-14-9-16(10-22-17(14)4-2)23(12-24)11-13-5-7-15(8-6-13)18(19,20)21;1-2-3;2*1-2/h3-10,12H,1-2,11H2;2-3H2,1H3;1H3;2H2,1H3. The number of hydrogen-bond acceptors (Lipinski definition) is 4. The molecule has 0 aliphatic carbocycles. The second-order valence-corrected chi connectivity index (χ2v) is 5.41. The number of nitrogens with two attached hydrogens (primary N) is 2. The van der Waals surface area contributed by atoms with Crippen LogP contribution in [0, 0.1) is 0 Å². The summed E-state index contributed by atoms with van der Waals surface area (Å²) in [7, 11) is 1.50. The van der Waals surface area contributed by atoms with Gasteiger partial charge in [0.25, 0.3) is 0 Å². The van der Waals surface area contributed by atoms with Gasteiger partial charge < -0.3 is 16.4 Å². The highest BCUT2D eigenvalue weighted by atomic mass is 35.5. The van der Waals surface area contributed by atoms with Crippen LogP contribution in [0.25, 0.3) is 12.2 Å². The third kappa shape index (κ3) is 10.8. The first-order valence-electron chi connectivity index (χ1n) is 9.09. The summed E-state index contributed by atoms with van der Waals surface area (Å²) in [5.74, 6) is 0. The van der Waals surface area contributed by atoms with Gasteiger partial charge in [0.05, 0.1) is 29.7 Å². The molecule has 1 aromatic heterocycles. The predicted molar refractivity (Wildman–Crippen MR) is 125 cm³/mol. The number of aromatic nitrogens is 1. The molecule has 2 rings (SSSR count). The zero-order valence-electron chi connectivity index (χ0n) is 18.0. The van der Waals surface area contributed by atoms with E-state index in [4.69, 9.17) is 5.73 Å². The van der Waals surface area contributed by atoms with E-state index in [0.29, 0.717) is 28.9 Å². The summed E-state index contributed by atoms with van der Waals surface area (Å²) in [6.07, 6.45) is 2.36. The number of halogens is 4. The van der Waals surface area contributed by atoms with Gasteiger partial charge in [-0.2, -0.15) is 13.2 Å². The first kappa shape index (κ1) is 30.5. The van der Waals surface area contributed by atoms with Crippen LogP contribution in [-0.4, -0.2) is 31.4 Å². The molecule has 0 aliphatic rings. The van der Waals surface area contributed by atoms with Gasteiger partial charge in [-0.15, -0.1) is 11.6 Å². The van der Waals surface area contributed by atoms with Crippen molar-refractivity contribution in [3.63, 3.8) is 0 Å². The van der Waals surface area contributed by atoms with Crippen molar-refractivity contribution in [2.75, 3.05) is 24.9 Å². The van der Waals surface area contributed by atoms with Gasteiger partial charge in [-0.1, -0.05) is 38.3 Å². The predicted octanol–water partition coefficient (Wildman–Crippen LogP) is 4.94. The van der Waals surface area contributed by atoms with Crippen LogP contribution in [0.2, 0.25) is 0 Å². The Morgan fingerprint density at radius 3 is 2.03 bits per heavy atom. The summed E-state index contributed by atoms with van der Waals surface area (Å²) in [6, 6.07) is 6.40. The molecular formula is C22H30ClF3N4O. The monoisotopic (exact) mass is 458 g/mol. The van der Waals surface area contributed by atoms with Gasteiger partial charge in [0.15, 0.2) is 0 Å². The highest BCUT2D eigenvalue weighted by molar-refractivity contribution is 6.15. The fraction of sp³-hybridized carbons (Fsp3) is 0.273. The lowest BCUT2D eigenvalue weighted by atomic mass is 10.1. The van der Waals surface area contributed by atoms with E-state index >= 15 is 0 Å². The van der Waals surface area contributed by atoms with Crippen molar-refractivity contribution in [1.29, 1.82) is 0 Å². The molecule has 0 saturated heterocycles. The van der Waals surface area contributed by atoms with Crippen molar-refractivity contribution in [3.8, 4) is 0 Å². The molecule has 5 nitrogen and oxygen atoms in total. The van der Waals surface area contributed by atoms with E-state index in [-0.39, 0.29) is 6.54 Å². The maximum absolute atomic E-state index is 12.6. The second kappa shape index (κ2) is 17.0. The Labute approximate surface area is 187 Å². The molecule has 31 heavy (non-hydrogen) atoms. The van der Waals surface area contributed by atoms with Gasteiger partial charge in [-0.3, -0.25) is 9.78 Å². The van der Waals surface area contributed by atoms with Gasteiger partial charge in [0, 0.05) is 11.9 Å². The number of hydrogen-bond donors (Lipinski definition) is 2. The van der Waals surface area contributed by atoms with Gasteiger partial charge in [-0.05, 0) is 43.4 Å². The number of pyridine rings is 1. The molecule has 0 bridgehead atoms. The van der Waals surface area contributed by atoms with Gasteiger partial charge in [-0.25, -0.2) is 0 Å². The average molecular weight is 459 g/mol. The zero-order valence-corrected chi connectivity index (χ0v) is 18.7. The van der Waals surface area contributed by atoms with E-state index in [0.717, 1.165) is 18.7 Å². The van der Waals surface area contributed by atoms with Crippen LogP contribution in [0.1, 0.15) is 29.3 Å². The Morgan fingerprint density at radius 1 is 1.13 bits per heavy atom. The molecule has 172 valence electrons. The molecule has 0 saturated carbocycles. The Bertz CT molecular complexity index is 781. The number of nitrogens with zero attached hydrogens (tertiary/aromatic N) is 2. The molecule has 1 amide bonds. The Hall–Kier alpha value is -2.68. The van der Waals surface area contributed by atoms with E-state index in [1.807, 2.05) is 6.92 Å². The fourth-order valence-corrected chi connectivity index (χ4v) is 2.16. The first-order valence-corrected chi connectivity index (χ1v) is 9.84. The van der Waals surface area contributed by atoms with Gasteiger partial charge in [0.1, 0.15) is 0 Å². The Kier molecular flexibility index (Phi) is 16.8. The zero-order chi connectivity index (χ0) is 24.4. The van der Waals surface area contributed by atoms with E-state index in [9.17, 15) is 18.0 Å². The number of benzene rings is 1. The highest BCUT2D eigenvalue weighted by Gasteiger charge is 2.29. The summed E-state index contributed by atoms with van der Waals surface area (Å²) in [4.78, 5) is 16.9. The van der Waals surface area contributed by atoms with E-state index in [1.165, 1.54) is 36.7 Å². The highest BCUT2D eigenvalue weighted by Crippen LogP contribution is 2.29. The molecule has 0 atom stereocenters. The Balaban J connectivity index is 0. The summed E-state index contributed by atoms with van der Waals surface area (Å²) in [5, 5.41) is 0. The van der Waals surface area contributed by atoms with Crippen molar-refractivity contribution < 1.29 is 18.0 Å². The number of rotatable bonds is 6. The molecule has 1 heterocycles. The molecular weight excluding hydrogens is 429 g/mol. The van der Waals surface area contributed by atoms with Crippen LogP contribution < -0.4 is 16.4 Å². The van der Waals surface area contributed by atoms with Crippen molar-refractivity contribution in [2.24, 2.45) is 11.5 Å². The van der Waals surface area contributed by atoms with Crippen molar-refractivity contribution in [1.82, 2.24) is 4.98 Å². The summed E-state index contributed by atoms with van der Waals surface area (Å²) in [6.45, 7) is 10.1. The number of amides is 1. The maximum atomic E-state index is 12.6. The fourth-order valence-electron chi connectivity index (χ4n) is 2.16. The molecule has 0 aliphatic heterocycles. The molecule has 4 N–H and O–H groups in total. The first-order chi connectivity index (χ1) is 14.8. The average Bonchev–Trinajstić information content (AvgIpc) is 2.80. The second-order valence-electron chi connectivity index (χ2n) is 5.41. The van der Waals surface area contributed by atoms with Crippen molar-refractivity contribution in [3.05, 3.63) is 72.1 Å². The number of carbonyl (C=O) groups is 1. The molecule has 0 fully saturated rings. The minimum atomic E-state index is -4.38. The maximum Gasteiger partial charge on any atom is 0.416 e. The lowest BCUT2D eigenvalue weighted by Crippen LogP contribution is -2.21. The molecule has 9 heteroatoms. The Morgan fingerprint density at radius 2 is 1.65 bits per heavy atom. The summed E-state index contributed by atoms with van der Waals surface area (Å²) in [5.41, 5.74) is 11.1. The normalized spacial score (nSPS) is 9.45. The van der Waals surface area contributed by atoms with Crippen LogP contribution in [-0.2, 0) is 17.5 Å². The smallest absolute Gasteiger partial charge is 0.333 e. The van der Waals surface area contributed by atoms with Gasteiger partial charge >= 0.3 is 6.18 Å². The summed E-state index contributed by atoms with van der Waals surface area (Å²) < 4.78 is 37.7. The number of carbonyl (C=O) groups excluding carboxylic acids is 1. The van der Waals surface area contributed by atoms with Crippen LogP contribution >= 0.6 is 11.6 Å². The van der Waals surface area contributed by atoms with Crippen molar-refractivity contribution >= 4 is 35.9 Å². The lowest BCUT2D eigenvalue weighted by Gasteiger charge is -2.18. The van der Waals surface area contributed by atoms with Gasteiger partial charge in [0.2, 0.25) is 6.41 Å². The van der Waals surface area contributed by atoms with E-state index in [2.05, 4.69) is 35.5 Å². The van der Waals surface area contributed by atoms with Crippen LogP contribution in [0.4, 0.5) is 18.9 Å².